The Kier molecular flexibility index (Phi) is 18.2. The fourth-order valence-electron chi connectivity index (χ4n) is 5.78. The molecule has 1 heterocycles. The summed E-state index contributed by atoms with van der Waals surface area (Å²) < 4.78 is 11.4. The number of esters is 1. The predicted octanol–water partition coefficient (Wildman–Crippen LogP) is 10.8. The molecule has 0 saturated heterocycles. The zero-order valence-corrected chi connectivity index (χ0v) is 32.5. The molecule has 3 aromatic rings. The number of allylic oxidation sites excluding steroid dienone is 9. The Bertz CT molecular complexity index is 1770. The zero-order valence-electron chi connectivity index (χ0n) is 31.7. The molecule has 8 heteroatoms. The molecule has 7 nitrogen and oxygen atoms in total. The second-order valence-corrected chi connectivity index (χ2v) is 12.7. The van der Waals surface area contributed by atoms with Crippen LogP contribution in [0.4, 0.5) is 0 Å². The Hall–Kier alpha value is -5.11. The van der Waals surface area contributed by atoms with Gasteiger partial charge in [-0.25, -0.2) is 4.79 Å². The molecule has 2 N–H and O–H groups in total. The van der Waals surface area contributed by atoms with Gasteiger partial charge >= 0.3 is 5.97 Å². The maximum atomic E-state index is 13.5. The normalized spacial score (nSPS) is 16.7. The van der Waals surface area contributed by atoms with Gasteiger partial charge in [0.05, 0.1) is 35.8 Å². The molecular weight excluding hydrogens is 684 g/mol. The van der Waals surface area contributed by atoms with Crippen LogP contribution in [0.25, 0.3) is 0 Å². The van der Waals surface area contributed by atoms with Crippen molar-refractivity contribution < 1.29 is 24.2 Å². The summed E-state index contributed by atoms with van der Waals surface area (Å²) in [6.07, 6.45) is 15.9. The third-order valence-corrected chi connectivity index (χ3v) is 8.53. The zero-order chi connectivity index (χ0) is 38.6. The molecule has 0 radical (unpaired) electrons. The first-order chi connectivity index (χ1) is 25.6. The molecule has 2 unspecified atom stereocenters. The summed E-state index contributed by atoms with van der Waals surface area (Å²) in [4.78, 5) is 28.2. The van der Waals surface area contributed by atoms with Gasteiger partial charge in [-0.15, -0.1) is 0 Å². The Morgan fingerprint density at radius 3 is 2.21 bits per heavy atom. The monoisotopic (exact) mass is 736 g/mol. The minimum absolute atomic E-state index is 0.170. The molecule has 1 aliphatic heterocycles. The number of nitrogens with one attached hydrogen (secondary N) is 1. The second kappa shape index (κ2) is 22.7. The van der Waals surface area contributed by atoms with Crippen LogP contribution >= 0.6 is 11.6 Å². The van der Waals surface area contributed by atoms with E-state index in [1.165, 1.54) is 6.92 Å². The Balaban J connectivity index is 0.000000658. The number of aliphatic hydroxyl groups is 1. The molecule has 3 aromatic carbocycles. The molecule has 2 aliphatic rings. The SMILES string of the molecule is C/C=C\C.CCO/C(C)=C\CCC1=C(C(C)O)C(c2cccc(OC(=O)c3ccc(Cl)cc3)c2)N(C(C)=O)C2=C(C=CC/C=C\C2)N1.c1ccccc1. The van der Waals surface area contributed by atoms with E-state index in [4.69, 9.17) is 21.1 Å². The first-order valence-electron chi connectivity index (χ1n) is 18.1. The van der Waals surface area contributed by atoms with Crippen LogP contribution in [-0.2, 0) is 9.53 Å². The first-order valence-corrected chi connectivity index (χ1v) is 18.5. The topological polar surface area (TPSA) is 88.1 Å². The molecule has 1 amide bonds. The number of rotatable bonds is 9. The van der Waals surface area contributed by atoms with Gasteiger partial charge in [0.15, 0.2) is 0 Å². The molecule has 1 aliphatic carbocycles. The predicted molar refractivity (Wildman–Crippen MR) is 216 cm³/mol. The maximum Gasteiger partial charge on any atom is 0.343 e. The molecule has 5 rings (SSSR count). The highest BCUT2D eigenvalue weighted by molar-refractivity contribution is 6.30. The van der Waals surface area contributed by atoms with E-state index >= 15 is 0 Å². The lowest BCUT2D eigenvalue weighted by atomic mass is 9.90. The van der Waals surface area contributed by atoms with E-state index in [0.29, 0.717) is 53.3 Å². The second-order valence-electron chi connectivity index (χ2n) is 12.3. The summed E-state index contributed by atoms with van der Waals surface area (Å²) in [5.41, 5.74) is 4.17. The molecule has 0 aromatic heterocycles. The van der Waals surface area contributed by atoms with Crippen LogP contribution in [0.1, 0.15) is 89.2 Å². The van der Waals surface area contributed by atoms with Crippen LogP contribution in [0.5, 0.6) is 5.75 Å². The number of ether oxygens (including phenoxy) is 2. The number of carbonyl (C=O) groups is 2. The largest absolute Gasteiger partial charge is 0.499 e. The van der Waals surface area contributed by atoms with Crippen LogP contribution in [-0.4, -0.2) is 34.6 Å². The summed E-state index contributed by atoms with van der Waals surface area (Å²) in [7, 11) is 0. The maximum absolute atomic E-state index is 13.5. The number of carbonyl (C=O) groups excluding carboxylic acids is 2. The number of aliphatic hydroxyl groups excluding tert-OH is 1. The van der Waals surface area contributed by atoms with Crippen molar-refractivity contribution in [2.45, 2.75) is 79.4 Å². The fourth-order valence-corrected chi connectivity index (χ4v) is 5.90. The molecule has 280 valence electrons. The molecule has 0 fully saturated rings. The molecule has 0 spiro atoms. The highest BCUT2D eigenvalue weighted by Crippen LogP contribution is 2.41. The average molecular weight is 737 g/mol. The Morgan fingerprint density at radius 1 is 0.962 bits per heavy atom. The minimum Gasteiger partial charge on any atom is -0.499 e. The number of halogens is 1. The van der Waals surface area contributed by atoms with Gasteiger partial charge in [-0.3, -0.25) is 4.79 Å². The number of hydrogen-bond acceptors (Lipinski definition) is 6. The van der Waals surface area contributed by atoms with E-state index in [2.05, 4.69) is 17.5 Å². The third kappa shape index (κ3) is 13.4. The summed E-state index contributed by atoms with van der Waals surface area (Å²) in [6, 6.07) is 25.0. The van der Waals surface area contributed by atoms with Crippen molar-refractivity contribution in [2.24, 2.45) is 0 Å². The molecule has 0 saturated carbocycles. The number of benzene rings is 3. The number of amides is 1. The highest BCUT2D eigenvalue weighted by atomic mass is 35.5. The van der Waals surface area contributed by atoms with Gasteiger partial charge in [-0.1, -0.05) is 90.5 Å². The van der Waals surface area contributed by atoms with E-state index < -0.39 is 18.1 Å². The van der Waals surface area contributed by atoms with Gasteiger partial charge in [0, 0.05) is 35.3 Å². The smallest absolute Gasteiger partial charge is 0.343 e. The quantitative estimate of drug-likeness (QED) is 0.0984. The van der Waals surface area contributed by atoms with Crippen LogP contribution in [0.15, 0.2) is 156 Å². The summed E-state index contributed by atoms with van der Waals surface area (Å²) in [6.45, 7) is 11.7. The van der Waals surface area contributed by atoms with Crippen molar-refractivity contribution in [3.8, 4) is 5.75 Å². The summed E-state index contributed by atoms with van der Waals surface area (Å²) >= 11 is 5.98. The number of nitrogens with zero attached hydrogens (tertiary/aromatic N) is 1. The van der Waals surface area contributed by atoms with Crippen molar-refractivity contribution >= 4 is 23.5 Å². The first kappa shape index (κ1) is 42.3. The third-order valence-electron chi connectivity index (χ3n) is 8.27. The van der Waals surface area contributed by atoms with Gasteiger partial charge in [0.1, 0.15) is 5.75 Å². The molecular formula is C45H53ClN2O5. The van der Waals surface area contributed by atoms with Gasteiger partial charge in [-0.2, -0.15) is 0 Å². The highest BCUT2D eigenvalue weighted by Gasteiger charge is 2.36. The minimum atomic E-state index is -0.892. The lowest BCUT2D eigenvalue weighted by Crippen LogP contribution is -2.36. The number of hydrogen-bond donors (Lipinski definition) is 2. The van der Waals surface area contributed by atoms with Crippen LogP contribution in [0.3, 0.4) is 0 Å². The van der Waals surface area contributed by atoms with Crippen molar-refractivity contribution in [1.29, 1.82) is 0 Å². The van der Waals surface area contributed by atoms with Crippen LogP contribution < -0.4 is 10.1 Å². The van der Waals surface area contributed by atoms with Gasteiger partial charge in [0.2, 0.25) is 5.91 Å². The van der Waals surface area contributed by atoms with E-state index in [0.717, 1.165) is 29.3 Å². The standard InChI is InChI=1S/C35H39ClN2O5.C6H6.C4H8/c1-5-42-23(2)12-10-16-31-33(24(3)39)34(38(25(4)40)32-17-9-7-6-8-15-30(32)37-31)27-13-11-14-29(22-27)43-35(41)26-18-20-28(36)21-19-26;1-2-4-6-5-3-1;1-3-4-2/h7-9,11-15,18-22,24,34,37,39H,5-6,10,16-17H2,1-4H3;1-6H;3-4H,1-2H3/b9-7-,15-8?,23-12-;;4-3-. The average Bonchev–Trinajstić information content (AvgIpc) is 3.27. The summed E-state index contributed by atoms with van der Waals surface area (Å²) in [5.74, 6) is 0.468. The van der Waals surface area contributed by atoms with Crippen molar-refractivity contribution in [3.05, 3.63) is 172 Å². The lowest BCUT2D eigenvalue weighted by Gasteiger charge is -2.35. The van der Waals surface area contributed by atoms with E-state index in [1.807, 2.05) is 101 Å². The van der Waals surface area contributed by atoms with Crippen molar-refractivity contribution in [1.82, 2.24) is 10.2 Å². The molecule has 53 heavy (non-hydrogen) atoms. The van der Waals surface area contributed by atoms with Crippen LogP contribution in [0.2, 0.25) is 5.02 Å². The summed E-state index contributed by atoms with van der Waals surface area (Å²) in [5, 5.41) is 15.4. The Morgan fingerprint density at radius 2 is 1.62 bits per heavy atom. The van der Waals surface area contributed by atoms with Crippen molar-refractivity contribution in [3.63, 3.8) is 0 Å². The van der Waals surface area contributed by atoms with Crippen LogP contribution in [0, 0.1) is 0 Å². The Labute approximate surface area is 320 Å². The fraction of sp³-hybridized carbons (Fsp3) is 0.289. The lowest BCUT2D eigenvalue weighted by molar-refractivity contribution is -0.128. The molecule has 2 atom stereocenters. The van der Waals surface area contributed by atoms with Gasteiger partial charge in [-0.05, 0) is 108 Å². The van der Waals surface area contributed by atoms with E-state index in [1.54, 1.807) is 54.3 Å². The molecule has 0 bridgehead atoms. The van der Waals surface area contributed by atoms with Gasteiger partial charge < -0.3 is 24.8 Å². The van der Waals surface area contributed by atoms with E-state index in [-0.39, 0.29) is 5.91 Å². The van der Waals surface area contributed by atoms with Gasteiger partial charge in [0.25, 0.3) is 0 Å². The van der Waals surface area contributed by atoms with Crippen molar-refractivity contribution in [2.75, 3.05) is 6.61 Å². The van der Waals surface area contributed by atoms with E-state index in [9.17, 15) is 14.7 Å².